The molecule has 2 amide bonds. The molecule has 2 aliphatic heterocycles. The number of halogens is 1. The zero-order valence-electron chi connectivity index (χ0n) is 18.6. The van der Waals surface area contributed by atoms with Crippen LogP contribution in [0.25, 0.3) is 0 Å². The summed E-state index contributed by atoms with van der Waals surface area (Å²) in [5.74, 6) is -0.269. The first-order chi connectivity index (χ1) is 16.5. The van der Waals surface area contributed by atoms with Crippen LogP contribution in [0.5, 0.6) is 11.8 Å². The van der Waals surface area contributed by atoms with Crippen molar-refractivity contribution in [3.8, 4) is 11.8 Å². The number of aromatic nitrogens is 2. The molecule has 0 bridgehead atoms. The maximum atomic E-state index is 14.1. The molecule has 0 radical (unpaired) electrons. The molecule has 2 aliphatic rings. The average molecular weight is 461 g/mol. The number of benzene rings is 2. The van der Waals surface area contributed by atoms with Crippen LogP contribution < -0.4 is 10.1 Å². The molecule has 2 atom stereocenters. The Labute approximate surface area is 197 Å². The summed E-state index contributed by atoms with van der Waals surface area (Å²) < 4.78 is 19.8. The monoisotopic (exact) mass is 460 g/mol. The van der Waals surface area contributed by atoms with Crippen molar-refractivity contribution >= 4 is 11.8 Å². The lowest BCUT2D eigenvalue weighted by atomic mass is 9.79. The van der Waals surface area contributed by atoms with E-state index in [0.717, 1.165) is 24.8 Å². The Morgan fingerprint density at radius 2 is 1.91 bits per heavy atom. The summed E-state index contributed by atoms with van der Waals surface area (Å²) in [4.78, 5) is 35.9. The van der Waals surface area contributed by atoms with E-state index in [-0.39, 0.29) is 29.6 Å². The largest absolute Gasteiger partial charge is 0.424 e. The third kappa shape index (κ3) is 4.48. The molecule has 5 rings (SSSR count). The van der Waals surface area contributed by atoms with Crippen LogP contribution in [0.4, 0.5) is 4.39 Å². The minimum Gasteiger partial charge on any atom is -0.424 e. The van der Waals surface area contributed by atoms with Crippen molar-refractivity contribution in [1.29, 1.82) is 0 Å². The van der Waals surface area contributed by atoms with Gasteiger partial charge in [0.15, 0.2) is 0 Å². The Balaban J connectivity index is 1.43. The highest BCUT2D eigenvalue weighted by molar-refractivity contribution is 5.95. The molecule has 3 heterocycles. The van der Waals surface area contributed by atoms with E-state index in [4.69, 9.17) is 4.74 Å². The van der Waals surface area contributed by atoms with Gasteiger partial charge in [-0.3, -0.25) is 9.59 Å². The number of carbonyl (C=O) groups excluding carboxylic acids is 2. The first-order valence-corrected chi connectivity index (χ1v) is 11.4. The van der Waals surface area contributed by atoms with E-state index in [1.807, 2.05) is 6.07 Å². The second kappa shape index (κ2) is 9.21. The first kappa shape index (κ1) is 22.0. The summed E-state index contributed by atoms with van der Waals surface area (Å²) in [5, 5.41) is 3.21. The minimum atomic E-state index is -0.622. The standard InChI is InChI=1S/C26H25FN4O3/c27-20-8-3-6-18(14-20)22-16-31(17-26(22)11-2-1-10-23(32)30-26)24(33)19-7-4-9-21(15-19)34-25-28-12-5-13-29-25/h3-9,12-15,22H,1-2,10-11,16-17H2,(H,30,32)/t22-,26+/m0/s1. The number of amides is 2. The molecule has 0 saturated carbocycles. The molecule has 174 valence electrons. The van der Waals surface area contributed by atoms with Crippen LogP contribution in [0.2, 0.25) is 0 Å². The molecule has 0 aliphatic carbocycles. The van der Waals surface area contributed by atoms with Crippen molar-refractivity contribution in [3.05, 3.63) is 83.9 Å². The topological polar surface area (TPSA) is 84.4 Å². The highest BCUT2D eigenvalue weighted by atomic mass is 19.1. The molecular formula is C26H25FN4O3. The number of nitrogens with one attached hydrogen (secondary N) is 1. The van der Waals surface area contributed by atoms with Crippen LogP contribution in [-0.4, -0.2) is 45.3 Å². The van der Waals surface area contributed by atoms with Crippen molar-refractivity contribution in [3.63, 3.8) is 0 Å². The molecule has 1 spiro atoms. The first-order valence-electron chi connectivity index (χ1n) is 11.4. The molecule has 7 nitrogen and oxygen atoms in total. The van der Waals surface area contributed by atoms with Gasteiger partial charge in [0, 0.05) is 43.4 Å². The number of hydrogen-bond acceptors (Lipinski definition) is 5. The van der Waals surface area contributed by atoms with Gasteiger partial charge in [0.25, 0.3) is 5.91 Å². The molecule has 1 N–H and O–H groups in total. The third-order valence-electron chi connectivity index (χ3n) is 6.58. The summed E-state index contributed by atoms with van der Waals surface area (Å²) in [5.41, 5.74) is 0.627. The Morgan fingerprint density at radius 3 is 2.74 bits per heavy atom. The Bertz CT molecular complexity index is 1210. The smallest absolute Gasteiger partial charge is 0.321 e. The number of carbonyl (C=O) groups is 2. The van der Waals surface area contributed by atoms with E-state index in [0.29, 0.717) is 30.8 Å². The highest BCUT2D eigenvalue weighted by Crippen LogP contribution is 2.41. The molecule has 34 heavy (non-hydrogen) atoms. The van der Waals surface area contributed by atoms with Gasteiger partial charge in [-0.2, -0.15) is 0 Å². The number of hydrogen-bond donors (Lipinski definition) is 1. The normalized spacial score (nSPS) is 22.3. The maximum absolute atomic E-state index is 14.1. The van der Waals surface area contributed by atoms with Crippen LogP contribution in [0.3, 0.4) is 0 Å². The number of likely N-dealkylation sites (tertiary alicyclic amines) is 1. The molecule has 2 aromatic carbocycles. The van der Waals surface area contributed by atoms with Crippen molar-refractivity contribution in [2.75, 3.05) is 13.1 Å². The summed E-state index contributed by atoms with van der Waals surface area (Å²) in [6.07, 6.45) is 6.03. The molecule has 0 unspecified atom stereocenters. The fourth-order valence-corrected chi connectivity index (χ4v) is 5.04. The Morgan fingerprint density at radius 1 is 1.09 bits per heavy atom. The Kier molecular flexibility index (Phi) is 5.96. The van der Waals surface area contributed by atoms with E-state index < -0.39 is 5.54 Å². The predicted molar refractivity (Wildman–Crippen MR) is 123 cm³/mol. The van der Waals surface area contributed by atoms with Crippen LogP contribution in [0.1, 0.15) is 47.5 Å². The summed E-state index contributed by atoms with van der Waals surface area (Å²) in [7, 11) is 0. The molecule has 3 aromatic rings. The SMILES string of the molecule is O=C1CCCC[C@]2(CN(C(=O)c3cccc(Oc4ncccn4)c3)C[C@H]2c2cccc(F)c2)N1. The van der Waals surface area contributed by atoms with Crippen molar-refractivity contribution in [2.45, 2.75) is 37.1 Å². The van der Waals surface area contributed by atoms with Gasteiger partial charge >= 0.3 is 6.01 Å². The number of nitrogens with zero attached hydrogens (tertiary/aromatic N) is 3. The lowest BCUT2D eigenvalue weighted by molar-refractivity contribution is -0.122. The van der Waals surface area contributed by atoms with E-state index in [1.54, 1.807) is 53.7 Å². The maximum Gasteiger partial charge on any atom is 0.321 e. The van der Waals surface area contributed by atoms with Crippen molar-refractivity contribution in [2.24, 2.45) is 0 Å². The van der Waals surface area contributed by atoms with Gasteiger partial charge in [-0.05, 0) is 54.8 Å². The fourth-order valence-electron chi connectivity index (χ4n) is 5.04. The predicted octanol–water partition coefficient (Wildman–Crippen LogP) is 4.08. The van der Waals surface area contributed by atoms with E-state index in [9.17, 15) is 14.0 Å². The lowest BCUT2D eigenvalue weighted by Gasteiger charge is -2.34. The van der Waals surface area contributed by atoms with Crippen LogP contribution in [0.15, 0.2) is 67.0 Å². The van der Waals surface area contributed by atoms with E-state index >= 15 is 0 Å². The van der Waals surface area contributed by atoms with Gasteiger partial charge < -0.3 is 15.0 Å². The van der Waals surface area contributed by atoms with Crippen LogP contribution in [-0.2, 0) is 4.79 Å². The minimum absolute atomic E-state index is 0.0218. The van der Waals surface area contributed by atoms with Gasteiger partial charge in [-0.1, -0.05) is 24.6 Å². The molecule has 2 fully saturated rings. The van der Waals surface area contributed by atoms with Gasteiger partial charge in [-0.15, -0.1) is 0 Å². The number of rotatable bonds is 4. The van der Waals surface area contributed by atoms with E-state index in [1.165, 1.54) is 12.1 Å². The van der Waals surface area contributed by atoms with Gasteiger partial charge in [0.05, 0.1) is 5.54 Å². The second-order valence-electron chi connectivity index (χ2n) is 8.87. The van der Waals surface area contributed by atoms with Gasteiger partial charge in [0.2, 0.25) is 5.91 Å². The fraction of sp³-hybridized carbons (Fsp3) is 0.308. The summed E-state index contributed by atoms with van der Waals surface area (Å²) in [6, 6.07) is 15.2. The molecular weight excluding hydrogens is 435 g/mol. The van der Waals surface area contributed by atoms with E-state index in [2.05, 4.69) is 15.3 Å². The summed E-state index contributed by atoms with van der Waals surface area (Å²) >= 11 is 0. The quantitative estimate of drug-likeness (QED) is 0.634. The highest BCUT2D eigenvalue weighted by Gasteiger charge is 2.50. The third-order valence-corrected chi connectivity index (χ3v) is 6.58. The second-order valence-corrected chi connectivity index (χ2v) is 8.87. The zero-order chi connectivity index (χ0) is 23.5. The molecule has 1 aromatic heterocycles. The summed E-state index contributed by atoms with van der Waals surface area (Å²) in [6.45, 7) is 0.751. The van der Waals surface area contributed by atoms with Crippen LogP contribution >= 0.6 is 0 Å². The van der Waals surface area contributed by atoms with Crippen molar-refractivity contribution in [1.82, 2.24) is 20.2 Å². The van der Waals surface area contributed by atoms with Crippen LogP contribution in [0, 0.1) is 5.82 Å². The molecule has 8 heteroatoms. The average Bonchev–Trinajstić information content (AvgIpc) is 3.10. The van der Waals surface area contributed by atoms with Gasteiger partial charge in [-0.25, -0.2) is 14.4 Å². The van der Waals surface area contributed by atoms with Crippen molar-refractivity contribution < 1.29 is 18.7 Å². The number of ether oxygens (including phenoxy) is 1. The Hall–Kier alpha value is -3.81. The lowest BCUT2D eigenvalue weighted by Crippen LogP contribution is -2.52. The zero-order valence-corrected chi connectivity index (χ0v) is 18.6. The molecule has 2 saturated heterocycles. The van der Waals surface area contributed by atoms with Gasteiger partial charge in [0.1, 0.15) is 11.6 Å².